The smallest absolute Gasteiger partial charge is 0.228 e. The maximum atomic E-state index is 12.7. The van der Waals surface area contributed by atoms with Crippen LogP contribution in [0.25, 0.3) is 0 Å². The number of hydrogen-bond donors (Lipinski definition) is 0. The Hall–Kier alpha value is -3.45. The highest BCUT2D eigenvalue weighted by molar-refractivity contribution is 5.96. The van der Waals surface area contributed by atoms with Gasteiger partial charge < -0.3 is 14.5 Å². The van der Waals surface area contributed by atoms with Gasteiger partial charge in [0, 0.05) is 63.3 Å². The molecule has 7 heteroatoms. The predicted molar refractivity (Wildman–Crippen MR) is 120 cm³/mol. The Morgan fingerprint density at radius 1 is 0.806 bits per heavy atom. The molecule has 2 fully saturated rings. The van der Waals surface area contributed by atoms with Crippen LogP contribution in [0.4, 0.5) is 11.6 Å². The minimum atomic E-state index is 0.176. The summed E-state index contributed by atoms with van der Waals surface area (Å²) in [4.78, 5) is 27.9. The number of anilines is 2. The molecule has 0 aliphatic carbocycles. The molecule has 0 N–H and O–H groups in total. The molecule has 31 heavy (non-hydrogen) atoms. The van der Waals surface area contributed by atoms with Crippen molar-refractivity contribution in [1.82, 2.24) is 14.9 Å². The van der Waals surface area contributed by atoms with Crippen LogP contribution >= 0.6 is 0 Å². The Morgan fingerprint density at radius 2 is 1.48 bits per heavy atom. The Morgan fingerprint density at radius 3 is 2.19 bits per heavy atom. The number of carbonyl (C=O) groups excluding carboxylic acids is 1. The summed E-state index contributed by atoms with van der Waals surface area (Å²) in [5, 5.41) is 0. The lowest BCUT2D eigenvalue weighted by Gasteiger charge is -2.37. The number of para-hydroxylation sites is 1. The molecule has 3 heterocycles. The first-order valence-corrected chi connectivity index (χ1v) is 10.7. The van der Waals surface area contributed by atoms with Crippen molar-refractivity contribution in [3.63, 3.8) is 0 Å². The highest BCUT2D eigenvalue weighted by Crippen LogP contribution is 2.28. The maximum Gasteiger partial charge on any atom is 0.228 e. The second-order valence-electron chi connectivity index (χ2n) is 7.84. The number of rotatable bonds is 5. The highest BCUT2D eigenvalue weighted by atomic mass is 16.5. The molecule has 2 saturated heterocycles. The molecule has 2 aromatic carbocycles. The van der Waals surface area contributed by atoms with Crippen LogP contribution in [0.1, 0.15) is 6.42 Å². The zero-order valence-corrected chi connectivity index (χ0v) is 17.3. The fraction of sp³-hybridized carbons (Fsp3) is 0.292. The van der Waals surface area contributed by atoms with Crippen molar-refractivity contribution in [1.29, 1.82) is 0 Å². The van der Waals surface area contributed by atoms with Gasteiger partial charge in [-0.15, -0.1) is 0 Å². The van der Waals surface area contributed by atoms with Crippen LogP contribution in [0.5, 0.6) is 11.5 Å². The van der Waals surface area contributed by atoms with E-state index in [2.05, 4.69) is 19.8 Å². The molecular formula is C24H25N5O2. The van der Waals surface area contributed by atoms with E-state index in [1.165, 1.54) is 0 Å². The Balaban J connectivity index is 1.19. The number of piperazine rings is 1. The molecule has 1 atom stereocenters. The third kappa shape index (κ3) is 4.36. The lowest BCUT2D eigenvalue weighted by atomic mass is 10.2. The SMILES string of the molecule is O=C1C[C@@H](N2CCN(c3ncccn3)CC2)CN1c1ccc(Oc2ccccc2)cc1. The molecule has 0 saturated carbocycles. The van der Waals surface area contributed by atoms with Gasteiger partial charge in [0.2, 0.25) is 11.9 Å². The summed E-state index contributed by atoms with van der Waals surface area (Å²) in [7, 11) is 0. The molecule has 0 spiro atoms. The number of benzene rings is 2. The molecule has 3 aromatic rings. The van der Waals surface area contributed by atoms with Crippen LogP contribution in [-0.4, -0.2) is 59.5 Å². The van der Waals surface area contributed by atoms with E-state index in [1.54, 1.807) is 12.4 Å². The maximum absolute atomic E-state index is 12.7. The molecule has 2 aliphatic rings. The van der Waals surface area contributed by atoms with E-state index in [4.69, 9.17) is 4.74 Å². The van der Waals surface area contributed by atoms with Gasteiger partial charge >= 0.3 is 0 Å². The zero-order valence-electron chi connectivity index (χ0n) is 17.3. The van der Waals surface area contributed by atoms with Crippen LogP contribution < -0.4 is 14.5 Å². The lowest BCUT2D eigenvalue weighted by molar-refractivity contribution is -0.117. The molecule has 2 aliphatic heterocycles. The third-order valence-corrected chi connectivity index (χ3v) is 5.90. The molecular weight excluding hydrogens is 390 g/mol. The molecule has 7 nitrogen and oxygen atoms in total. The number of hydrogen-bond acceptors (Lipinski definition) is 6. The Bertz CT molecular complexity index is 1010. The van der Waals surface area contributed by atoms with Crippen molar-refractivity contribution in [2.45, 2.75) is 12.5 Å². The molecule has 0 radical (unpaired) electrons. The fourth-order valence-corrected chi connectivity index (χ4v) is 4.24. The molecule has 1 amide bonds. The summed E-state index contributed by atoms with van der Waals surface area (Å²) >= 11 is 0. The first-order valence-electron chi connectivity index (χ1n) is 10.7. The largest absolute Gasteiger partial charge is 0.457 e. The van der Waals surface area contributed by atoms with Gasteiger partial charge in [-0.1, -0.05) is 18.2 Å². The standard InChI is InChI=1S/C24H25N5O2/c30-23-17-20(27-13-15-28(16-14-27)24-25-11-4-12-26-24)18-29(23)19-7-9-22(10-8-19)31-21-5-2-1-3-6-21/h1-12,20H,13-18H2/t20-/m1/s1. The third-order valence-electron chi connectivity index (χ3n) is 5.90. The number of nitrogens with zero attached hydrogens (tertiary/aromatic N) is 5. The summed E-state index contributed by atoms with van der Waals surface area (Å²) in [6.07, 6.45) is 4.11. The van der Waals surface area contributed by atoms with Gasteiger partial charge in [0.05, 0.1) is 0 Å². The van der Waals surface area contributed by atoms with Crippen LogP contribution in [0, 0.1) is 0 Å². The predicted octanol–water partition coefficient (Wildman–Crippen LogP) is 3.20. The van der Waals surface area contributed by atoms with Crippen LogP contribution in [0.2, 0.25) is 0 Å². The first-order chi connectivity index (χ1) is 15.3. The summed E-state index contributed by atoms with van der Waals surface area (Å²) < 4.78 is 5.86. The van der Waals surface area contributed by atoms with Crippen molar-refractivity contribution in [3.8, 4) is 11.5 Å². The van der Waals surface area contributed by atoms with Crippen LogP contribution in [0.3, 0.4) is 0 Å². The van der Waals surface area contributed by atoms with Gasteiger partial charge in [0.25, 0.3) is 0 Å². The second-order valence-corrected chi connectivity index (χ2v) is 7.84. The van der Waals surface area contributed by atoms with Gasteiger partial charge in [-0.25, -0.2) is 9.97 Å². The Labute approximate surface area is 181 Å². The molecule has 0 bridgehead atoms. The molecule has 1 aromatic heterocycles. The summed E-state index contributed by atoms with van der Waals surface area (Å²) in [6, 6.07) is 19.5. The van der Waals surface area contributed by atoms with Crippen molar-refractivity contribution in [2.24, 2.45) is 0 Å². The molecule has 5 rings (SSSR count). The van der Waals surface area contributed by atoms with Gasteiger partial charge in [-0.05, 0) is 42.5 Å². The van der Waals surface area contributed by atoms with Gasteiger partial charge in [0.15, 0.2) is 0 Å². The second kappa shape index (κ2) is 8.73. The van der Waals surface area contributed by atoms with Gasteiger partial charge in [-0.3, -0.25) is 9.69 Å². The monoisotopic (exact) mass is 415 g/mol. The van der Waals surface area contributed by atoms with Gasteiger partial charge in [0.1, 0.15) is 11.5 Å². The minimum Gasteiger partial charge on any atom is -0.457 e. The Kier molecular flexibility index (Phi) is 5.50. The average Bonchev–Trinajstić information content (AvgIpc) is 3.22. The first kappa shape index (κ1) is 19.5. The van der Waals surface area contributed by atoms with Crippen molar-refractivity contribution >= 4 is 17.5 Å². The van der Waals surface area contributed by atoms with Crippen molar-refractivity contribution in [3.05, 3.63) is 73.1 Å². The number of aromatic nitrogens is 2. The van der Waals surface area contributed by atoms with E-state index in [0.29, 0.717) is 6.42 Å². The van der Waals surface area contributed by atoms with E-state index in [9.17, 15) is 4.79 Å². The summed E-state index contributed by atoms with van der Waals surface area (Å²) in [6.45, 7) is 4.29. The topological polar surface area (TPSA) is 61.8 Å². The normalized spacial score (nSPS) is 19.6. The number of carbonyl (C=O) groups is 1. The summed E-state index contributed by atoms with van der Waals surface area (Å²) in [5.41, 5.74) is 0.921. The van der Waals surface area contributed by atoms with Gasteiger partial charge in [-0.2, -0.15) is 0 Å². The quantitative estimate of drug-likeness (QED) is 0.638. The van der Waals surface area contributed by atoms with E-state index in [1.807, 2.05) is 65.6 Å². The highest BCUT2D eigenvalue weighted by Gasteiger charge is 2.35. The zero-order chi connectivity index (χ0) is 21.0. The van der Waals surface area contributed by atoms with E-state index < -0.39 is 0 Å². The lowest BCUT2D eigenvalue weighted by Crippen LogP contribution is -2.51. The van der Waals surface area contributed by atoms with Crippen molar-refractivity contribution < 1.29 is 9.53 Å². The van der Waals surface area contributed by atoms with Crippen LogP contribution in [-0.2, 0) is 4.79 Å². The molecule has 0 unspecified atom stereocenters. The summed E-state index contributed by atoms with van der Waals surface area (Å²) in [5.74, 6) is 2.52. The minimum absolute atomic E-state index is 0.176. The van der Waals surface area contributed by atoms with Crippen molar-refractivity contribution in [2.75, 3.05) is 42.5 Å². The van der Waals surface area contributed by atoms with E-state index in [0.717, 1.165) is 55.9 Å². The fourth-order valence-electron chi connectivity index (χ4n) is 4.24. The van der Waals surface area contributed by atoms with E-state index in [-0.39, 0.29) is 11.9 Å². The molecule has 158 valence electrons. The van der Waals surface area contributed by atoms with Crippen LogP contribution in [0.15, 0.2) is 73.1 Å². The average molecular weight is 415 g/mol. The number of amides is 1. The van der Waals surface area contributed by atoms with E-state index >= 15 is 0 Å². The number of ether oxygens (including phenoxy) is 1.